The molecule has 0 saturated heterocycles. The Hall–Kier alpha value is -2.34. The first-order valence-electron chi connectivity index (χ1n) is 5.88. The zero-order chi connectivity index (χ0) is 14.7. The molecule has 1 heterocycles. The number of nitro groups is 1. The predicted molar refractivity (Wildman–Crippen MR) is 76.2 cm³/mol. The summed E-state index contributed by atoms with van der Waals surface area (Å²) in [5.74, 6) is 0.433. The second kappa shape index (κ2) is 5.75. The highest BCUT2D eigenvalue weighted by Crippen LogP contribution is 2.31. The number of nitrogens with zero attached hydrogens (tertiary/aromatic N) is 2. The van der Waals surface area contributed by atoms with E-state index in [-0.39, 0.29) is 17.4 Å². The molecule has 0 bridgehead atoms. The molecule has 1 aromatic heterocycles. The highest BCUT2D eigenvalue weighted by Gasteiger charge is 2.18. The Bertz CT molecular complexity index is 661. The lowest BCUT2D eigenvalue weighted by Gasteiger charge is -2.08. The van der Waals surface area contributed by atoms with Gasteiger partial charge in [0.15, 0.2) is 0 Å². The van der Waals surface area contributed by atoms with Crippen LogP contribution in [0.15, 0.2) is 30.3 Å². The molecule has 20 heavy (non-hydrogen) atoms. The Morgan fingerprint density at radius 3 is 2.80 bits per heavy atom. The second-order valence-corrected chi connectivity index (χ2v) is 4.43. The van der Waals surface area contributed by atoms with Crippen LogP contribution in [0, 0.1) is 10.1 Å². The van der Waals surface area contributed by atoms with E-state index in [0.717, 1.165) is 12.0 Å². The number of hydrogen-bond acceptors (Lipinski definition) is 5. The molecule has 6 nitrogen and oxygen atoms in total. The summed E-state index contributed by atoms with van der Waals surface area (Å²) in [5, 5.41) is 11.5. The van der Waals surface area contributed by atoms with Gasteiger partial charge in [0.25, 0.3) is 0 Å². The van der Waals surface area contributed by atoms with Gasteiger partial charge in [-0.05, 0) is 36.2 Å². The summed E-state index contributed by atoms with van der Waals surface area (Å²) in [6, 6.07) is 7.62. The minimum atomic E-state index is -0.571. The third-order valence-electron chi connectivity index (χ3n) is 2.67. The van der Waals surface area contributed by atoms with Crippen LogP contribution in [0.2, 0.25) is 5.02 Å². The van der Waals surface area contributed by atoms with Gasteiger partial charge in [-0.15, -0.1) is 0 Å². The number of nitrogen functional groups attached to an aromatic ring is 1. The fourth-order valence-electron chi connectivity index (χ4n) is 1.66. The summed E-state index contributed by atoms with van der Waals surface area (Å²) in [6.07, 6.45) is 0.725. The molecule has 1 aromatic carbocycles. The molecule has 0 unspecified atom stereocenters. The number of ether oxygens (including phenoxy) is 1. The maximum Gasteiger partial charge on any atom is 0.331 e. The normalized spacial score (nSPS) is 10.3. The van der Waals surface area contributed by atoms with Crippen molar-refractivity contribution in [2.24, 2.45) is 0 Å². The summed E-state index contributed by atoms with van der Waals surface area (Å²) in [7, 11) is 0. The van der Waals surface area contributed by atoms with Crippen molar-refractivity contribution in [2.75, 3.05) is 5.73 Å². The van der Waals surface area contributed by atoms with E-state index < -0.39 is 4.92 Å². The van der Waals surface area contributed by atoms with Gasteiger partial charge in [0.2, 0.25) is 0 Å². The van der Waals surface area contributed by atoms with Crippen LogP contribution >= 0.6 is 11.6 Å². The summed E-state index contributed by atoms with van der Waals surface area (Å²) in [6.45, 7) is 1.95. The molecule has 0 aliphatic heterocycles. The topological polar surface area (TPSA) is 91.3 Å². The molecule has 2 N–H and O–H groups in total. The number of pyridine rings is 1. The Kier molecular flexibility index (Phi) is 4.05. The molecule has 2 rings (SSSR count). The lowest BCUT2D eigenvalue weighted by atomic mass is 10.1. The molecule has 0 atom stereocenters. The molecular formula is C13H12ClN3O3. The molecule has 0 radical (unpaired) electrons. The monoisotopic (exact) mass is 293 g/mol. The van der Waals surface area contributed by atoms with Crippen molar-refractivity contribution in [1.29, 1.82) is 0 Å². The molecule has 104 valence electrons. The van der Waals surface area contributed by atoms with E-state index in [2.05, 4.69) is 4.98 Å². The van der Waals surface area contributed by atoms with Gasteiger partial charge in [0.05, 0.1) is 4.92 Å². The maximum atomic E-state index is 10.9. The summed E-state index contributed by atoms with van der Waals surface area (Å²) in [5.41, 5.74) is 6.17. The zero-order valence-corrected chi connectivity index (χ0v) is 11.4. The number of aryl methyl sites for hydroxylation is 1. The quantitative estimate of drug-likeness (QED) is 0.687. The Balaban J connectivity index is 2.39. The third-order valence-corrected chi connectivity index (χ3v) is 3.04. The van der Waals surface area contributed by atoms with E-state index in [9.17, 15) is 10.1 Å². The first-order chi connectivity index (χ1) is 9.51. The molecular weight excluding hydrogens is 282 g/mol. The molecule has 0 spiro atoms. The average molecular weight is 294 g/mol. The maximum absolute atomic E-state index is 10.9. The molecule has 7 heteroatoms. The van der Waals surface area contributed by atoms with Crippen LogP contribution in [0.3, 0.4) is 0 Å². The van der Waals surface area contributed by atoms with E-state index in [1.807, 2.05) is 6.92 Å². The van der Waals surface area contributed by atoms with Crippen molar-refractivity contribution >= 4 is 23.1 Å². The average Bonchev–Trinajstić information content (AvgIpc) is 2.40. The van der Waals surface area contributed by atoms with E-state index >= 15 is 0 Å². The Morgan fingerprint density at radius 1 is 1.40 bits per heavy atom. The van der Waals surface area contributed by atoms with Crippen molar-refractivity contribution < 1.29 is 9.66 Å². The number of aromatic nitrogens is 1. The Labute approximate surface area is 120 Å². The number of hydrogen-bond donors (Lipinski definition) is 1. The number of halogens is 1. The molecule has 0 aliphatic rings. The largest absolute Gasteiger partial charge is 0.434 e. The third kappa shape index (κ3) is 2.97. The van der Waals surface area contributed by atoms with Crippen molar-refractivity contribution in [1.82, 2.24) is 4.98 Å². The van der Waals surface area contributed by atoms with Crippen molar-refractivity contribution in [3.05, 3.63) is 51.0 Å². The van der Waals surface area contributed by atoms with Crippen molar-refractivity contribution in [3.63, 3.8) is 0 Å². The van der Waals surface area contributed by atoms with Crippen LogP contribution in [0.25, 0.3) is 0 Å². The Morgan fingerprint density at radius 2 is 2.15 bits per heavy atom. The lowest BCUT2D eigenvalue weighted by molar-refractivity contribution is -0.386. The van der Waals surface area contributed by atoms with Gasteiger partial charge in [0, 0.05) is 11.1 Å². The highest BCUT2D eigenvalue weighted by atomic mass is 35.5. The SMILES string of the molecule is CCc1cc(Oc2nc(N)ccc2[N+](=O)[O-])ccc1Cl. The first-order valence-corrected chi connectivity index (χ1v) is 6.26. The molecule has 0 aliphatic carbocycles. The summed E-state index contributed by atoms with van der Waals surface area (Å²) in [4.78, 5) is 14.2. The predicted octanol–water partition coefficient (Wildman–Crippen LogP) is 3.58. The van der Waals surface area contributed by atoms with Gasteiger partial charge in [0.1, 0.15) is 11.6 Å². The first kappa shape index (κ1) is 14.1. The van der Waals surface area contributed by atoms with E-state index in [1.54, 1.807) is 18.2 Å². The molecule has 0 fully saturated rings. The van der Waals surface area contributed by atoms with Crippen molar-refractivity contribution in [3.8, 4) is 11.6 Å². The zero-order valence-electron chi connectivity index (χ0n) is 10.7. The van der Waals surface area contributed by atoms with Crippen LogP contribution in [0.1, 0.15) is 12.5 Å². The fourth-order valence-corrected chi connectivity index (χ4v) is 1.91. The lowest BCUT2D eigenvalue weighted by Crippen LogP contribution is -1.99. The number of nitrogens with two attached hydrogens (primary N) is 1. The standard InChI is InChI=1S/C13H12ClN3O3/c1-2-8-7-9(3-4-10(8)14)20-13-11(17(18)19)5-6-12(15)16-13/h3-7H,2H2,1H3,(H2,15,16). The van der Waals surface area contributed by atoms with Crippen LogP contribution in [0.5, 0.6) is 11.6 Å². The van der Waals surface area contributed by atoms with Gasteiger partial charge in [-0.1, -0.05) is 18.5 Å². The summed E-state index contributed by atoms with van der Waals surface area (Å²) < 4.78 is 5.46. The van der Waals surface area contributed by atoms with Crippen LogP contribution in [0.4, 0.5) is 11.5 Å². The molecule has 0 saturated carbocycles. The minimum Gasteiger partial charge on any atom is -0.434 e. The molecule has 2 aromatic rings. The second-order valence-electron chi connectivity index (χ2n) is 4.03. The number of anilines is 1. The van der Waals surface area contributed by atoms with E-state index in [4.69, 9.17) is 22.1 Å². The van der Waals surface area contributed by atoms with E-state index in [1.165, 1.54) is 12.1 Å². The van der Waals surface area contributed by atoms with Crippen LogP contribution in [-0.4, -0.2) is 9.91 Å². The van der Waals surface area contributed by atoms with Gasteiger partial charge >= 0.3 is 11.6 Å². The van der Waals surface area contributed by atoms with Gasteiger partial charge in [-0.3, -0.25) is 10.1 Å². The fraction of sp³-hybridized carbons (Fsp3) is 0.154. The highest BCUT2D eigenvalue weighted by molar-refractivity contribution is 6.31. The smallest absolute Gasteiger partial charge is 0.331 e. The summed E-state index contributed by atoms with van der Waals surface area (Å²) >= 11 is 6.01. The van der Waals surface area contributed by atoms with Gasteiger partial charge < -0.3 is 10.5 Å². The van der Waals surface area contributed by atoms with Crippen molar-refractivity contribution in [2.45, 2.75) is 13.3 Å². The van der Waals surface area contributed by atoms with Crippen LogP contribution < -0.4 is 10.5 Å². The molecule has 0 amide bonds. The minimum absolute atomic E-state index is 0.139. The number of rotatable bonds is 4. The van der Waals surface area contributed by atoms with Crippen LogP contribution in [-0.2, 0) is 6.42 Å². The van der Waals surface area contributed by atoms with Gasteiger partial charge in [-0.25, -0.2) is 0 Å². The van der Waals surface area contributed by atoms with Gasteiger partial charge in [-0.2, -0.15) is 4.98 Å². The van der Waals surface area contributed by atoms with E-state index in [0.29, 0.717) is 10.8 Å². The number of benzene rings is 1.